The third kappa shape index (κ3) is 2.88. The second-order valence-electron chi connectivity index (χ2n) is 3.64. The summed E-state index contributed by atoms with van der Waals surface area (Å²) in [5, 5.41) is 4.36. The van der Waals surface area contributed by atoms with Crippen LogP contribution in [0, 0.1) is 12.7 Å². The molecule has 0 atom stereocenters. The van der Waals surface area contributed by atoms with Crippen LogP contribution in [0.2, 0.25) is 0 Å². The Kier molecular flexibility index (Phi) is 3.49. The Hall–Kier alpha value is -1.75. The molecule has 0 bridgehead atoms. The summed E-state index contributed by atoms with van der Waals surface area (Å²) in [5.74, 6) is -0.502. The molecule has 1 N–H and O–H groups in total. The van der Waals surface area contributed by atoms with E-state index in [9.17, 15) is 9.18 Å². The maximum absolute atomic E-state index is 13.3. The van der Waals surface area contributed by atoms with Crippen LogP contribution in [0.1, 0.15) is 21.6 Å². The summed E-state index contributed by atoms with van der Waals surface area (Å²) >= 11 is 1.36. The molecule has 5 heteroatoms. The van der Waals surface area contributed by atoms with E-state index in [1.165, 1.54) is 17.4 Å². The van der Waals surface area contributed by atoms with Gasteiger partial charge in [-0.2, -0.15) is 0 Å². The van der Waals surface area contributed by atoms with Gasteiger partial charge in [0.1, 0.15) is 11.5 Å². The fourth-order valence-corrected chi connectivity index (χ4v) is 1.88. The highest BCUT2D eigenvalue weighted by atomic mass is 32.1. The average Bonchev–Trinajstić information content (AvgIpc) is 2.84. The number of nitrogens with one attached hydrogen (secondary N) is 1. The van der Waals surface area contributed by atoms with E-state index in [1.54, 1.807) is 29.9 Å². The van der Waals surface area contributed by atoms with E-state index < -0.39 is 0 Å². The Morgan fingerprint density at radius 1 is 1.53 bits per heavy atom. The maximum Gasteiger partial charge on any atom is 0.271 e. The summed E-state index contributed by atoms with van der Waals surface area (Å²) in [6.45, 7) is 2.00. The standard InChI is InChI=1S/C12H11FN2OS/c1-8-2-3-9(4-10(8)13)5-14-12(16)11-6-17-7-15-11/h2-4,6-7H,5H2,1H3,(H,14,16). The first kappa shape index (κ1) is 11.7. The Bertz CT molecular complexity index is 525. The van der Waals surface area contributed by atoms with Gasteiger partial charge in [-0.3, -0.25) is 4.79 Å². The molecule has 1 heterocycles. The summed E-state index contributed by atoms with van der Waals surface area (Å²) in [6, 6.07) is 4.91. The van der Waals surface area contributed by atoms with E-state index in [2.05, 4.69) is 10.3 Å². The highest BCUT2D eigenvalue weighted by molar-refractivity contribution is 7.07. The van der Waals surface area contributed by atoms with Gasteiger partial charge < -0.3 is 5.32 Å². The van der Waals surface area contributed by atoms with Crippen LogP contribution in [-0.2, 0) is 6.54 Å². The van der Waals surface area contributed by atoms with Crippen molar-refractivity contribution in [3.8, 4) is 0 Å². The smallest absolute Gasteiger partial charge is 0.271 e. The van der Waals surface area contributed by atoms with Crippen molar-refractivity contribution in [3.63, 3.8) is 0 Å². The SMILES string of the molecule is Cc1ccc(CNC(=O)c2cscn2)cc1F. The van der Waals surface area contributed by atoms with E-state index in [0.717, 1.165) is 5.56 Å². The third-order valence-electron chi connectivity index (χ3n) is 2.35. The number of benzene rings is 1. The molecular weight excluding hydrogens is 239 g/mol. The van der Waals surface area contributed by atoms with Gasteiger partial charge >= 0.3 is 0 Å². The molecule has 0 saturated carbocycles. The molecule has 0 aliphatic rings. The normalized spacial score (nSPS) is 10.2. The molecule has 0 aliphatic carbocycles. The van der Waals surface area contributed by atoms with Crippen molar-refractivity contribution in [2.75, 3.05) is 0 Å². The van der Waals surface area contributed by atoms with E-state index in [0.29, 0.717) is 17.8 Å². The summed E-state index contributed by atoms with van der Waals surface area (Å²) in [4.78, 5) is 15.5. The van der Waals surface area contributed by atoms with Crippen molar-refractivity contribution >= 4 is 17.2 Å². The average molecular weight is 250 g/mol. The zero-order chi connectivity index (χ0) is 12.3. The number of carbonyl (C=O) groups is 1. The topological polar surface area (TPSA) is 42.0 Å². The van der Waals surface area contributed by atoms with Crippen LogP contribution in [0.3, 0.4) is 0 Å². The summed E-state index contributed by atoms with van der Waals surface area (Å²) < 4.78 is 13.3. The molecule has 3 nitrogen and oxygen atoms in total. The molecular formula is C12H11FN2OS. The minimum atomic E-state index is -0.259. The highest BCUT2D eigenvalue weighted by Gasteiger charge is 2.07. The van der Waals surface area contributed by atoms with Crippen LogP contribution in [0.25, 0.3) is 0 Å². The van der Waals surface area contributed by atoms with Crippen molar-refractivity contribution in [3.05, 3.63) is 51.7 Å². The zero-order valence-corrected chi connectivity index (χ0v) is 10.1. The molecule has 17 heavy (non-hydrogen) atoms. The second-order valence-corrected chi connectivity index (χ2v) is 4.36. The molecule has 1 amide bonds. The van der Waals surface area contributed by atoms with Crippen LogP contribution < -0.4 is 5.32 Å². The molecule has 0 radical (unpaired) electrons. The number of amides is 1. The fourth-order valence-electron chi connectivity index (χ4n) is 1.34. The van der Waals surface area contributed by atoms with Crippen LogP contribution in [0.5, 0.6) is 0 Å². The lowest BCUT2D eigenvalue weighted by atomic mass is 10.1. The Labute approximate surface area is 102 Å². The largest absolute Gasteiger partial charge is 0.347 e. The van der Waals surface area contributed by atoms with Crippen molar-refractivity contribution in [1.82, 2.24) is 10.3 Å². The molecule has 0 unspecified atom stereocenters. The number of hydrogen-bond donors (Lipinski definition) is 1. The first-order valence-corrected chi connectivity index (χ1v) is 6.02. The first-order chi connectivity index (χ1) is 8.16. The van der Waals surface area contributed by atoms with Crippen molar-refractivity contribution in [1.29, 1.82) is 0 Å². The number of carbonyl (C=O) groups excluding carboxylic acids is 1. The number of aryl methyl sites for hydroxylation is 1. The molecule has 0 saturated heterocycles. The van der Waals surface area contributed by atoms with Gasteiger partial charge in [0.2, 0.25) is 0 Å². The lowest BCUT2D eigenvalue weighted by molar-refractivity contribution is 0.0946. The van der Waals surface area contributed by atoms with E-state index in [1.807, 2.05) is 0 Å². The molecule has 1 aromatic carbocycles. The van der Waals surface area contributed by atoms with Gasteiger partial charge in [-0.05, 0) is 24.1 Å². The van der Waals surface area contributed by atoms with Gasteiger partial charge in [0.15, 0.2) is 0 Å². The minimum Gasteiger partial charge on any atom is -0.347 e. The molecule has 0 fully saturated rings. The Morgan fingerprint density at radius 2 is 2.35 bits per heavy atom. The molecule has 2 aromatic rings. The number of hydrogen-bond acceptors (Lipinski definition) is 3. The van der Waals surface area contributed by atoms with E-state index in [-0.39, 0.29) is 11.7 Å². The molecule has 2 rings (SSSR count). The zero-order valence-electron chi connectivity index (χ0n) is 9.24. The quantitative estimate of drug-likeness (QED) is 0.909. The predicted molar refractivity (Wildman–Crippen MR) is 64.4 cm³/mol. The van der Waals surface area contributed by atoms with Gasteiger partial charge in [0.05, 0.1) is 5.51 Å². The van der Waals surface area contributed by atoms with Crippen LogP contribution in [0.4, 0.5) is 4.39 Å². The Morgan fingerprint density at radius 3 is 3.00 bits per heavy atom. The number of aromatic nitrogens is 1. The molecule has 88 valence electrons. The van der Waals surface area contributed by atoms with Crippen LogP contribution in [0.15, 0.2) is 29.1 Å². The van der Waals surface area contributed by atoms with Crippen molar-refractivity contribution in [2.24, 2.45) is 0 Å². The van der Waals surface area contributed by atoms with Crippen molar-refractivity contribution < 1.29 is 9.18 Å². The van der Waals surface area contributed by atoms with Crippen LogP contribution >= 0.6 is 11.3 Å². The predicted octanol–water partition coefficient (Wildman–Crippen LogP) is 2.52. The number of halogens is 1. The molecule has 1 aromatic heterocycles. The highest BCUT2D eigenvalue weighted by Crippen LogP contribution is 2.09. The lowest BCUT2D eigenvalue weighted by Crippen LogP contribution is -2.23. The molecule has 0 spiro atoms. The number of nitrogens with zero attached hydrogens (tertiary/aromatic N) is 1. The van der Waals surface area contributed by atoms with Crippen molar-refractivity contribution in [2.45, 2.75) is 13.5 Å². The third-order valence-corrected chi connectivity index (χ3v) is 2.94. The Balaban J connectivity index is 1.98. The monoisotopic (exact) mass is 250 g/mol. The van der Waals surface area contributed by atoms with Gasteiger partial charge in [-0.15, -0.1) is 11.3 Å². The first-order valence-electron chi connectivity index (χ1n) is 5.08. The van der Waals surface area contributed by atoms with Gasteiger partial charge in [0, 0.05) is 11.9 Å². The van der Waals surface area contributed by atoms with Gasteiger partial charge in [-0.1, -0.05) is 12.1 Å². The summed E-state index contributed by atoms with van der Waals surface area (Å²) in [7, 11) is 0. The number of thiazole rings is 1. The van der Waals surface area contributed by atoms with Gasteiger partial charge in [-0.25, -0.2) is 9.37 Å². The minimum absolute atomic E-state index is 0.243. The maximum atomic E-state index is 13.3. The van der Waals surface area contributed by atoms with E-state index >= 15 is 0 Å². The second kappa shape index (κ2) is 5.05. The summed E-state index contributed by atoms with van der Waals surface area (Å²) in [5.41, 5.74) is 3.32. The summed E-state index contributed by atoms with van der Waals surface area (Å²) in [6.07, 6.45) is 0. The lowest BCUT2D eigenvalue weighted by Gasteiger charge is -2.04. The van der Waals surface area contributed by atoms with Crippen LogP contribution in [-0.4, -0.2) is 10.9 Å². The van der Waals surface area contributed by atoms with Gasteiger partial charge in [0.25, 0.3) is 5.91 Å². The molecule has 0 aliphatic heterocycles. The van der Waals surface area contributed by atoms with E-state index in [4.69, 9.17) is 0 Å². The fraction of sp³-hybridized carbons (Fsp3) is 0.167. The number of rotatable bonds is 3.